The van der Waals surface area contributed by atoms with Gasteiger partial charge in [0.15, 0.2) is 0 Å². The third-order valence-electron chi connectivity index (χ3n) is 1.62. The predicted molar refractivity (Wildman–Crippen MR) is 53.9 cm³/mol. The fraction of sp³-hybridized carbons (Fsp3) is 0.250. The van der Waals surface area contributed by atoms with Crippen LogP contribution < -0.4 is 0 Å². The lowest BCUT2D eigenvalue weighted by molar-refractivity contribution is 0.609. The van der Waals surface area contributed by atoms with Gasteiger partial charge in [-0.05, 0) is 30.2 Å². The Morgan fingerprint density at radius 3 is 2.38 bits per heavy atom. The van der Waals surface area contributed by atoms with E-state index in [2.05, 4.69) is 0 Å². The SMILES string of the molecule is CCc1cc(Cl)cc(S(=O)(=O)Cl)c1. The van der Waals surface area contributed by atoms with Crippen molar-refractivity contribution in [3.05, 3.63) is 28.8 Å². The number of benzene rings is 1. The molecule has 1 rings (SSSR count). The molecular formula is C8H8Cl2O2S. The van der Waals surface area contributed by atoms with Crippen molar-refractivity contribution in [2.45, 2.75) is 18.2 Å². The fourth-order valence-corrected chi connectivity index (χ4v) is 2.12. The van der Waals surface area contributed by atoms with Crippen molar-refractivity contribution in [1.29, 1.82) is 0 Å². The van der Waals surface area contributed by atoms with E-state index in [-0.39, 0.29) is 4.90 Å². The van der Waals surface area contributed by atoms with Crippen LogP contribution in [0.4, 0.5) is 0 Å². The van der Waals surface area contributed by atoms with Crippen molar-refractivity contribution < 1.29 is 8.42 Å². The van der Waals surface area contributed by atoms with Gasteiger partial charge in [-0.25, -0.2) is 8.42 Å². The molecular weight excluding hydrogens is 231 g/mol. The largest absolute Gasteiger partial charge is 0.261 e. The average Bonchev–Trinajstić information content (AvgIpc) is 2.01. The Balaban J connectivity index is 3.33. The Bertz CT molecular complexity index is 412. The van der Waals surface area contributed by atoms with Gasteiger partial charge in [0.2, 0.25) is 0 Å². The van der Waals surface area contributed by atoms with Crippen molar-refractivity contribution >= 4 is 31.3 Å². The number of aryl methyl sites for hydroxylation is 1. The second kappa shape index (κ2) is 3.86. The van der Waals surface area contributed by atoms with Crippen LogP contribution in [-0.4, -0.2) is 8.42 Å². The molecule has 0 aliphatic carbocycles. The normalized spacial score (nSPS) is 11.6. The smallest absolute Gasteiger partial charge is 0.207 e. The second-order valence-corrected chi connectivity index (χ2v) is 5.59. The van der Waals surface area contributed by atoms with Gasteiger partial charge in [0.1, 0.15) is 0 Å². The highest BCUT2D eigenvalue weighted by Gasteiger charge is 2.11. The molecule has 0 aliphatic rings. The van der Waals surface area contributed by atoms with Crippen LogP contribution in [-0.2, 0) is 15.5 Å². The third-order valence-corrected chi connectivity index (χ3v) is 3.17. The van der Waals surface area contributed by atoms with Crippen molar-refractivity contribution in [3.8, 4) is 0 Å². The van der Waals surface area contributed by atoms with Crippen LogP contribution in [0, 0.1) is 0 Å². The molecule has 0 heterocycles. The fourth-order valence-electron chi connectivity index (χ4n) is 0.966. The molecule has 1 aromatic rings. The van der Waals surface area contributed by atoms with E-state index in [1.54, 1.807) is 6.07 Å². The molecule has 1 aromatic carbocycles. The Morgan fingerprint density at radius 1 is 1.31 bits per heavy atom. The number of halogens is 2. The topological polar surface area (TPSA) is 34.1 Å². The van der Waals surface area contributed by atoms with Gasteiger partial charge in [-0.1, -0.05) is 18.5 Å². The highest BCUT2D eigenvalue weighted by atomic mass is 35.7. The van der Waals surface area contributed by atoms with Crippen LogP contribution in [0.5, 0.6) is 0 Å². The molecule has 0 N–H and O–H groups in total. The number of hydrogen-bond acceptors (Lipinski definition) is 2. The van der Waals surface area contributed by atoms with E-state index in [1.165, 1.54) is 12.1 Å². The summed E-state index contributed by atoms with van der Waals surface area (Å²) < 4.78 is 21.9. The molecule has 72 valence electrons. The highest BCUT2D eigenvalue weighted by molar-refractivity contribution is 8.13. The van der Waals surface area contributed by atoms with E-state index in [0.29, 0.717) is 5.02 Å². The maximum atomic E-state index is 11.0. The van der Waals surface area contributed by atoms with E-state index in [4.69, 9.17) is 22.3 Å². The summed E-state index contributed by atoms with van der Waals surface area (Å²) in [6.07, 6.45) is 0.722. The van der Waals surface area contributed by atoms with Crippen LogP contribution in [0.3, 0.4) is 0 Å². The second-order valence-electron chi connectivity index (χ2n) is 2.59. The Morgan fingerprint density at radius 2 is 1.92 bits per heavy atom. The zero-order valence-corrected chi connectivity index (χ0v) is 9.25. The molecule has 0 fully saturated rings. The van der Waals surface area contributed by atoms with Crippen molar-refractivity contribution in [3.63, 3.8) is 0 Å². The summed E-state index contributed by atoms with van der Waals surface area (Å²) in [5.41, 5.74) is 0.853. The molecule has 0 aliphatic heterocycles. The predicted octanol–water partition coefficient (Wildman–Crippen LogP) is 2.83. The number of rotatable bonds is 2. The summed E-state index contributed by atoms with van der Waals surface area (Å²) >= 11 is 5.71. The molecule has 0 bridgehead atoms. The summed E-state index contributed by atoms with van der Waals surface area (Å²) in [7, 11) is 1.50. The van der Waals surface area contributed by atoms with Gasteiger partial charge in [0.05, 0.1) is 4.90 Å². The zero-order valence-electron chi connectivity index (χ0n) is 6.92. The Hall–Kier alpha value is -0.250. The van der Waals surface area contributed by atoms with Gasteiger partial charge < -0.3 is 0 Å². The van der Waals surface area contributed by atoms with Gasteiger partial charge in [-0.3, -0.25) is 0 Å². The molecule has 0 radical (unpaired) electrons. The van der Waals surface area contributed by atoms with Gasteiger partial charge in [-0.15, -0.1) is 0 Å². The van der Waals surface area contributed by atoms with E-state index >= 15 is 0 Å². The minimum Gasteiger partial charge on any atom is -0.207 e. The lowest BCUT2D eigenvalue weighted by Crippen LogP contribution is -1.92. The standard InChI is InChI=1S/C8H8Cl2O2S/c1-2-6-3-7(9)5-8(4-6)13(10,11)12/h3-5H,2H2,1H3. The van der Waals surface area contributed by atoms with Crippen molar-refractivity contribution in [2.75, 3.05) is 0 Å². The summed E-state index contributed by atoms with van der Waals surface area (Å²) in [6, 6.07) is 4.57. The quantitative estimate of drug-likeness (QED) is 0.743. The van der Waals surface area contributed by atoms with Gasteiger partial charge in [0.25, 0.3) is 9.05 Å². The highest BCUT2D eigenvalue weighted by Crippen LogP contribution is 2.22. The Kier molecular flexibility index (Phi) is 3.22. The molecule has 0 aromatic heterocycles. The summed E-state index contributed by atoms with van der Waals surface area (Å²) in [5.74, 6) is 0. The summed E-state index contributed by atoms with van der Waals surface area (Å²) in [6.45, 7) is 1.91. The van der Waals surface area contributed by atoms with Gasteiger partial charge in [-0.2, -0.15) is 0 Å². The van der Waals surface area contributed by atoms with Crippen LogP contribution in [0.2, 0.25) is 5.02 Å². The maximum absolute atomic E-state index is 11.0. The summed E-state index contributed by atoms with van der Waals surface area (Å²) in [4.78, 5) is 0.0542. The van der Waals surface area contributed by atoms with E-state index < -0.39 is 9.05 Å². The minimum atomic E-state index is -3.67. The molecule has 0 unspecified atom stereocenters. The monoisotopic (exact) mass is 238 g/mol. The minimum absolute atomic E-state index is 0.0542. The van der Waals surface area contributed by atoms with E-state index in [9.17, 15) is 8.42 Å². The molecule has 5 heteroatoms. The third kappa shape index (κ3) is 2.86. The maximum Gasteiger partial charge on any atom is 0.261 e. The van der Waals surface area contributed by atoms with E-state index in [1.807, 2.05) is 6.92 Å². The van der Waals surface area contributed by atoms with Crippen LogP contribution in [0.15, 0.2) is 23.1 Å². The molecule has 0 saturated heterocycles. The molecule has 2 nitrogen and oxygen atoms in total. The molecule has 0 saturated carbocycles. The molecule has 0 amide bonds. The first-order valence-corrected chi connectivity index (χ1v) is 6.36. The molecule has 0 spiro atoms. The van der Waals surface area contributed by atoms with Gasteiger partial charge >= 0.3 is 0 Å². The summed E-state index contributed by atoms with van der Waals surface area (Å²) in [5, 5.41) is 0.388. The average molecular weight is 239 g/mol. The van der Waals surface area contributed by atoms with Crippen molar-refractivity contribution in [1.82, 2.24) is 0 Å². The first kappa shape index (κ1) is 10.8. The van der Waals surface area contributed by atoms with Gasteiger partial charge in [0, 0.05) is 15.7 Å². The van der Waals surface area contributed by atoms with Crippen LogP contribution in [0.25, 0.3) is 0 Å². The first-order valence-electron chi connectivity index (χ1n) is 3.67. The Labute approximate surface area is 86.9 Å². The number of hydrogen-bond donors (Lipinski definition) is 0. The van der Waals surface area contributed by atoms with E-state index in [0.717, 1.165) is 12.0 Å². The van der Waals surface area contributed by atoms with Crippen LogP contribution in [0.1, 0.15) is 12.5 Å². The first-order chi connectivity index (χ1) is 5.93. The van der Waals surface area contributed by atoms with Crippen LogP contribution >= 0.6 is 22.3 Å². The lowest BCUT2D eigenvalue weighted by Gasteiger charge is -2.01. The molecule has 0 atom stereocenters. The zero-order chi connectivity index (χ0) is 10.1. The molecule has 13 heavy (non-hydrogen) atoms. The lowest BCUT2D eigenvalue weighted by atomic mass is 10.2. The van der Waals surface area contributed by atoms with Crippen molar-refractivity contribution in [2.24, 2.45) is 0 Å².